The second-order valence-electron chi connectivity index (χ2n) is 11.0. The molecule has 0 bridgehead atoms. The van der Waals surface area contributed by atoms with Gasteiger partial charge in [-0.1, -0.05) is 78.4 Å². The molecular weight excluding hydrogens is 644 g/mol. The van der Waals surface area contributed by atoms with E-state index in [1.807, 2.05) is 81.4 Å². The topological polar surface area (TPSA) is 76.2 Å². The van der Waals surface area contributed by atoms with Gasteiger partial charge in [0.05, 0.1) is 22.5 Å². The summed E-state index contributed by atoms with van der Waals surface area (Å²) in [5.41, 5.74) is 4.13. The van der Waals surface area contributed by atoms with Crippen LogP contribution in [0.15, 0.2) is 113 Å². The number of hydrogen-bond acceptors (Lipinski definition) is 5. The smallest absolute Gasteiger partial charge is 0.343 e. The zero-order valence-corrected chi connectivity index (χ0v) is 27.2. The summed E-state index contributed by atoms with van der Waals surface area (Å²) in [5, 5.41) is 1.57. The Morgan fingerprint density at radius 2 is 1.46 bits per heavy atom. The van der Waals surface area contributed by atoms with Gasteiger partial charge in [0.1, 0.15) is 12.2 Å². The van der Waals surface area contributed by atoms with Crippen LogP contribution in [0.1, 0.15) is 29.2 Å². The maximum absolute atomic E-state index is 14.2. The number of ether oxygens (including phenoxy) is 2. The van der Waals surface area contributed by atoms with Crippen molar-refractivity contribution >= 4 is 62.0 Å². The van der Waals surface area contributed by atoms with Gasteiger partial charge in [-0.25, -0.2) is 14.6 Å². The minimum absolute atomic E-state index is 0.170. The highest BCUT2D eigenvalue weighted by Gasteiger charge is 2.44. The first kappa shape index (κ1) is 30.8. The van der Waals surface area contributed by atoms with E-state index < -0.39 is 17.8 Å². The summed E-state index contributed by atoms with van der Waals surface area (Å²) in [7, 11) is 0. The van der Waals surface area contributed by atoms with E-state index in [0.29, 0.717) is 51.5 Å². The number of barbiturate groups is 1. The monoisotopic (exact) mass is 674 g/mol. The van der Waals surface area contributed by atoms with Gasteiger partial charge in [0.25, 0.3) is 11.8 Å². The van der Waals surface area contributed by atoms with Crippen molar-refractivity contribution in [1.82, 2.24) is 0 Å². The molecule has 8 heteroatoms. The third-order valence-electron chi connectivity index (χ3n) is 7.66. The van der Waals surface area contributed by atoms with Crippen molar-refractivity contribution in [3.63, 3.8) is 0 Å². The number of amides is 4. The maximum Gasteiger partial charge on any atom is 0.343 e. The van der Waals surface area contributed by atoms with Crippen molar-refractivity contribution in [2.24, 2.45) is 0 Å². The van der Waals surface area contributed by atoms with E-state index in [4.69, 9.17) is 9.47 Å². The zero-order valence-electron chi connectivity index (χ0n) is 25.6. The number of carbonyl (C=O) groups is 3. The van der Waals surface area contributed by atoms with E-state index in [2.05, 4.69) is 15.9 Å². The van der Waals surface area contributed by atoms with E-state index in [-0.39, 0.29) is 5.57 Å². The molecule has 0 radical (unpaired) electrons. The van der Waals surface area contributed by atoms with Crippen molar-refractivity contribution in [1.29, 1.82) is 0 Å². The number of fused-ring (bicyclic) bond motifs is 1. The Morgan fingerprint density at radius 1 is 0.739 bits per heavy atom. The van der Waals surface area contributed by atoms with Gasteiger partial charge in [-0.3, -0.25) is 9.59 Å². The second-order valence-corrected chi connectivity index (χ2v) is 11.9. The molecule has 1 aliphatic rings. The third kappa shape index (κ3) is 6.04. The van der Waals surface area contributed by atoms with Crippen LogP contribution < -0.4 is 19.3 Å². The lowest BCUT2D eigenvalue weighted by molar-refractivity contribution is -0.121. The SMILES string of the molecule is CCOc1cc(/C=C2\C(=O)N(c3cccc(C)c3)C(=O)N(c3cccc4ccccc34)C2=O)cc(Br)c1OCc1ccc(C)cc1. The molecule has 46 heavy (non-hydrogen) atoms. The summed E-state index contributed by atoms with van der Waals surface area (Å²) in [5.74, 6) is -0.487. The number of hydrogen-bond donors (Lipinski definition) is 0. The fraction of sp³-hybridized carbons (Fsp3) is 0.132. The average Bonchev–Trinajstić information content (AvgIpc) is 3.04. The molecule has 230 valence electrons. The quantitative estimate of drug-likeness (QED) is 0.121. The molecule has 6 rings (SSSR count). The molecule has 7 nitrogen and oxygen atoms in total. The van der Waals surface area contributed by atoms with Gasteiger partial charge in [0.2, 0.25) is 0 Å². The summed E-state index contributed by atoms with van der Waals surface area (Å²) >= 11 is 3.61. The average molecular weight is 676 g/mol. The molecule has 5 aromatic carbocycles. The van der Waals surface area contributed by atoms with Gasteiger partial charge in [0, 0.05) is 5.39 Å². The van der Waals surface area contributed by atoms with Crippen LogP contribution in [-0.2, 0) is 16.2 Å². The molecule has 0 atom stereocenters. The third-order valence-corrected chi connectivity index (χ3v) is 8.25. The van der Waals surface area contributed by atoms with Gasteiger partial charge in [-0.15, -0.1) is 0 Å². The van der Waals surface area contributed by atoms with Gasteiger partial charge in [-0.05, 0) is 95.2 Å². The highest BCUT2D eigenvalue weighted by molar-refractivity contribution is 9.10. The summed E-state index contributed by atoms with van der Waals surface area (Å²) < 4.78 is 12.7. The van der Waals surface area contributed by atoms with Crippen LogP contribution in [0.2, 0.25) is 0 Å². The first-order chi connectivity index (χ1) is 22.2. The fourth-order valence-electron chi connectivity index (χ4n) is 5.42. The van der Waals surface area contributed by atoms with Gasteiger partial charge < -0.3 is 9.47 Å². The molecule has 0 N–H and O–H groups in total. The number of halogens is 1. The normalized spacial score (nSPS) is 14.3. The minimum Gasteiger partial charge on any atom is -0.490 e. The minimum atomic E-state index is -0.745. The molecule has 1 saturated heterocycles. The van der Waals surface area contributed by atoms with Crippen LogP contribution in [0, 0.1) is 13.8 Å². The summed E-state index contributed by atoms with van der Waals surface area (Å²) in [6, 6.07) is 30.8. The number of rotatable bonds is 8. The Labute approximate surface area is 275 Å². The van der Waals surface area contributed by atoms with E-state index in [1.54, 1.807) is 42.5 Å². The van der Waals surface area contributed by atoms with Crippen LogP contribution in [0.5, 0.6) is 11.5 Å². The first-order valence-corrected chi connectivity index (χ1v) is 15.7. The Morgan fingerprint density at radius 3 is 2.22 bits per heavy atom. The maximum atomic E-state index is 14.2. The van der Waals surface area contributed by atoms with Crippen LogP contribution in [-0.4, -0.2) is 24.5 Å². The van der Waals surface area contributed by atoms with Gasteiger partial charge >= 0.3 is 6.03 Å². The summed E-state index contributed by atoms with van der Waals surface area (Å²) in [6.45, 7) is 6.47. The number of imide groups is 2. The molecule has 0 unspecified atom stereocenters. The molecule has 0 spiro atoms. The van der Waals surface area contributed by atoms with E-state index in [0.717, 1.165) is 31.9 Å². The molecule has 0 aliphatic carbocycles. The first-order valence-electron chi connectivity index (χ1n) is 14.9. The number of benzene rings is 5. The molecule has 1 heterocycles. The Balaban J connectivity index is 1.45. The standard InChI is InChI=1S/C38H31BrN2O5/c1-4-45-34-22-27(21-32(39)35(34)46-23-26-17-15-24(2)16-18-26)20-31-36(42)40(29-12-7-9-25(3)19-29)38(44)41(37(31)43)33-14-8-11-28-10-5-6-13-30(28)33/h5-22H,4,23H2,1-3H3/b31-20+. The molecule has 5 aromatic rings. The Hall–Kier alpha value is -5.21. The van der Waals surface area contributed by atoms with Crippen molar-refractivity contribution in [2.75, 3.05) is 16.4 Å². The molecular formula is C38H31BrN2O5. The molecule has 0 aromatic heterocycles. The predicted molar refractivity (Wildman–Crippen MR) is 184 cm³/mol. The van der Waals surface area contributed by atoms with Crippen LogP contribution in [0.25, 0.3) is 16.8 Å². The lowest BCUT2D eigenvalue weighted by Gasteiger charge is -2.34. The van der Waals surface area contributed by atoms with Crippen LogP contribution in [0.3, 0.4) is 0 Å². The molecule has 1 aliphatic heterocycles. The summed E-state index contributed by atoms with van der Waals surface area (Å²) in [4.78, 5) is 44.5. The molecule has 1 fully saturated rings. The number of urea groups is 1. The predicted octanol–water partition coefficient (Wildman–Crippen LogP) is 8.78. The molecule has 4 amide bonds. The Kier molecular flexibility index (Phi) is 8.72. The largest absolute Gasteiger partial charge is 0.490 e. The Bertz CT molecular complexity index is 2010. The lowest BCUT2D eigenvalue weighted by atomic mass is 10.0. The van der Waals surface area contributed by atoms with Crippen molar-refractivity contribution in [3.8, 4) is 11.5 Å². The van der Waals surface area contributed by atoms with E-state index >= 15 is 0 Å². The van der Waals surface area contributed by atoms with E-state index in [1.165, 1.54) is 6.08 Å². The fourth-order valence-corrected chi connectivity index (χ4v) is 6.00. The highest BCUT2D eigenvalue weighted by Crippen LogP contribution is 2.39. The van der Waals surface area contributed by atoms with Gasteiger partial charge in [0.15, 0.2) is 11.5 Å². The van der Waals surface area contributed by atoms with Crippen LogP contribution >= 0.6 is 15.9 Å². The summed E-state index contributed by atoms with van der Waals surface area (Å²) in [6.07, 6.45) is 1.50. The number of anilines is 2. The van der Waals surface area contributed by atoms with Crippen LogP contribution in [0.4, 0.5) is 16.2 Å². The van der Waals surface area contributed by atoms with Crippen molar-refractivity contribution in [3.05, 3.63) is 135 Å². The number of nitrogens with zero attached hydrogens (tertiary/aromatic N) is 2. The molecule has 0 saturated carbocycles. The zero-order chi connectivity index (χ0) is 32.4. The lowest BCUT2D eigenvalue weighted by Crippen LogP contribution is -2.57. The second kappa shape index (κ2) is 13.0. The van der Waals surface area contributed by atoms with Gasteiger partial charge in [-0.2, -0.15) is 0 Å². The number of carbonyl (C=O) groups excluding carboxylic acids is 3. The van der Waals surface area contributed by atoms with E-state index in [9.17, 15) is 14.4 Å². The number of aryl methyl sites for hydroxylation is 2. The highest BCUT2D eigenvalue weighted by atomic mass is 79.9. The van der Waals surface area contributed by atoms with Crippen molar-refractivity contribution < 1.29 is 23.9 Å². The van der Waals surface area contributed by atoms with Crippen molar-refractivity contribution in [2.45, 2.75) is 27.4 Å².